The van der Waals surface area contributed by atoms with Crippen molar-refractivity contribution < 1.29 is 13.9 Å². The minimum Gasteiger partial charge on any atom is -0.383 e. The summed E-state index contributed by atoms with van der Waals surface area (Å²) < 4.78 is 27.5. The van der Waals surface area contributed by atoms with E-state index < -0.39 is 17.2 Å². The molecule has 0 fully saturated rings. The molecule has 0 aliphatic rings. The Morgan fingerprint density at radius 1 is 1.41 bits per heavy atom. The lowest BCUT2D eigenvalue weighted by atomic mass is 9.95. The molecule has 1 aromatic carbocycles. The number of tetrazole rings is 1. The summed E-state index contributed by atoms with van der Waals surface area (Å²) >= 11 is 0. The Bertz CT molecular complexity index is 513. The Labute approximate surface area is 95.7 Å². The van der Waals surface area contributed by atoms with Gasteiger partial charge in [0.05, 0.1) is 6.54 Å². The summed E-state index contributed by atoms with van der Waals surface area (Å²) in [5, 5.41) is 20.5. The van der Waals surface area contributed by atoms with Crippen molar-refractivity contribution in [2.75, 3.05) is 0 Å². The number of nitrogens with zero attached hydrogens (tertiary/aromatic N) is 4. The number of hydrogen-bond donors (Lipinski definition) is 1. The van der Waals surface area contributed by atoms with Gasteiger partial charge in [-0.05, 0) is 23.4 Å². The molecule has 0 radical (unpaired) electrons. The van der Waals surface area contributed by atoms with Gasteiger partial charge in [0.15, 0.2) is 0 Å². The van der Waals surface area contributed by atoms with Crippen molar-refractivity contribution in [3.8, 4) is 0 Å². The van der Waals surface area contributed by atoms with E-state index in [9.17, 15) is 13.9 Å². The molecule has 1 unspecified atom stereocenters. The predicted octanol–water partition coefficient (Wildman–Crippen LogP) is 0.859. The van der Waals surface area contributed by atoms with E-state index in [1.807, 2.05) is 0 Å². The van der Waals surface area contributed by atoms with E-state index >= 15 is 0 Å². The van der Waals surface area contributed by atoms with E-state index in [4.69, 9.17) is 0 Å². The van der Waals surface area contributed by atoms with Gasteiger partial charge in [0.25, 0.3) is 0 Å². The zero-order chi connectivity index (χ0) is 12.5. The summed E-state index contributed by atoms with van der Waals surface area (Å²) in [7, 11) is 0. The standard InChI is InChI=1S/C10H10F2N4O/c1-10(17,5-16-6-13-14-15-16)8-3-2-7(11)4-9(8)12/h2-4,6,17H,5H2,1H3. The summed E-state index contributed by atoms with van der Waals surface area (Å²) in [5.41, 5.74) is -1.53. The van der Waals surface area contributed by atoms with Crippen LogP contribution in [-0.2, 0) is 12.1 Å². The molecule has 0 saturated heterocycles. The van der Waals surface area contributed by atoms with Crippen LogP contribution < -0.4 is 0 Å². The number of halogens is 2. The molecule has 0 spiro atoms. The molecule has 0 aliphatic carbocycles. The van der Waals surface area contributed by atoms with Gasteiger partial charge in [-0.25, -0.2) is 13.5 Å². The van der Waals surface area contributed by atoms with Crippen molar-refractivity contribution in [1.82, 2.24) is 20.2 Å². The lowest BCUT2D eigenvalue weighted by molar-refractivity contribution is 0.0305. The van der Waals surface area contributed by atoms with E-state index in [0.717, 1.165) is 12.1 Å². The van der Waals surface area contributed by atoms with Crippen LogP contribution in [0.25, 0.3) is 0 Å². The molecule has 0 saturated carbocycles. The molecular weight excluding hydrogens is 230 g/mol. The molecule has 2 aromatic rings. The molecule has 1 heterocycles. The van der Waals surface area contributed by atoms with Crippen molar-refractivity contribution in [2.45, 2.75) is 19.1 Å². The van der Waals surface area contributed by atoms with Gasteiger partial charge in [-0.1, -0.05) is 6.07 Å². The Balaban J connectivity index is 2.30. The van der Waals surface area contributed by atoms with Crippen LogP contribution in [0.5, 0.6) is 0 Å². The Morgan fingerprint density at radius 2 is 2.18 bits per heavy atom. The van der Waals surface area contributed by atoms with Gasteiger partial charge in [-0.3, -0.25) is 0 Å². The van der Waals surface area contributed by atoms with Crippen LogP contribution in [0, 0.1) is 11.6 Å². The van der Waals surface area contributed by atoms with E-state index in [2.05, 4.69) is 15.5 Å². The monoisotopic (exact) mass is 240 g/mol. The molecule has 0 aliphatic heterocycles. The van der Waals surface area contributed by atoms with Crippen molar-refractivity contribution in [2.24, 2.45) is 0 Å². The second kappa shape index (κ2) is 4.17. The van der Waals surface area contributed by atoms with Gasteiger partial charge in [0.1, 0.15) is 23.6 Å². The van der Waals surface area contributed by atoms with Gasteiger partial charge < -0.3 is 5.11 Å². The van der Waals surface area contributed by atoms with Crippen LogP contribution in [0.3, 0.4) is 0 Å². The normalized spacial score (nSPS) is 14.6. The summed E-state index contributed by atoms with van der Waals surface area (Å²) in [6.07, 6.45) is 1.30. The third-order valence-corrected chi connectivity index (χ3v) is 2.37. The molecule has 1 aromatic heterocycles. The summed E-state index contributed by atoms with van der Waals surface area (Å²) in [6.45, 7) is 1.38. The molecule has 2 rings (SSSR count). The average molecular weight is 240 g/mol. The van der Waals surface area contributed by atoms with Crippen molar-refractivity contribution in [3.05, 3.63) is 41.7 Å². The fourth-order valence-electron chi connectivity index (χ4n) is 1.58. The van der Waals surface area contributed by atoms with E-state index in [1.54, 1.807) is 0 Å². The molecular formula is C10H10F2N4O. The predicted molar refractivity (Wildman–Crippen MR) is 53.7 cm³/mol. The fourth-order valence-corrected chi connectivity index (χ4v) is 1.58. The first-order valence-corrected chi connectivity index (χ1v) is 4.88. The minimum absolute atomic E-state index is 0.00519. The van der Waals surface area contributed by atoms with Crippen molar-refractivity contribution in [3.63, 3.8) is 0 Å². The third kappa shape index (κ3) is 2.44. The second-order valence-corrected chi connectivity index (χ2v) is 3.91. The van der Waals surface area contributed by atoms with E-state index in [1.165, 1.54) is 24.0 Å². The first-order valence-electron chi connectivity index (χ1n) is 4.88. The SMILES string of the molecule is CC(O)(Cn1cnnn1)c1ccc(F)cc1F. The maximum atomic E-state index is 13.5. The Hall–Kier alpha value is -1.89. The minimum atomic E-state index is -1.52. The highest BCUT2D eigenvalue weighted by atomic mass is 19.1. The van der Waals surface area contributed by atoms with Gasteiger partial charge >= 0.3 is 0 Å². The largest absolute Gasteiger partial charge is 0.383 e. The lowest BCUT2D eigenvalue weighted by Crippen LogP contribution is -2.29. The quantitative estimate of drug-likeness (QED) is 0.864. The van der Waals surface area contributed by atoms with Crippen molar-refractivity contribution >= 4 is 0 Å². The van der Waals surface area contributed by atoms with E-state index in [0.29, 0.717) is 0 Å². The number of hydrogen-bond acceptors (Lipinski definition) is 4. The van der Waals surface area contributed by atoms with Crippen LogP contribution >= 0.6 is 0 Å². The molecule has 1 atom stereocenters. The summed E-state index contributed by atoms with van der Waals surface area (Å²) in [5.74, 6) is -1.49. The van der Waals surface area contributed by atoms with Crippen molar-refractivity contribution in [1.29, 1.82) is 0 Å². The van der Waals surface area contributed by atoms with Gasteiger partial charge in [0.2, 0.25) is 0 Å². The van der Waals surface area contributed by atoms with Crippen LogP contribution in [0.15, 0.2) is 24.5 Å². The van der Waals surface area contributed by atoms with E-state index in [-0.39, 0.29) is 12.1 Å². The Kier molecular flexibility index (Phi) is 2.84. The highest BCUT2D eigenvalue weighted by molar-refractivity contribution is 5.24. The number of aliphatic hydroxyl groups is 1. The van der Waals surface area contributed by atoms with Gasteiger partial charge in [-0.15, -0.1) is 5.10 Å². The molecule has 17 heavy (non-hydrogen) atoms. The smallest absolute Gasteiger partial charge is 0.138 e. The summed E-state index contributed by atoms with van der Waals surface area (Å²) in [6, 6.07) is 3.02. The average Bonchev–Trinajstić information content (AvgIpc) is 2.68. The molecule has 0 bridgehead atoms. The first-order chi connectivity index (χ1) is 7.99. The maximum Gasteiger partial charge on any atom is 0.138 e. The highest BCUT2D eigenvalue weighted by Crippen LogP contribution is 2.25. The molecule has 7 heteroatoms. The topological polar surface area (TPSA) is 63.8 Å². The highest BCUT2D eigenvalue weighted by Gasteiger charge is 2.27. The molecule has 90 valence electrons. The van der Waals surface area contributed by atoms with Gasteiger partial charge in [-0.2, -0.15) is 0 Å². The number of aromatic nitrogens is 4. The fraction of sp³-hybridized carbons (Fsp3) is 0.300. The van der Waals surface area contributed by atoms with Crippen LogP contribution in [0.4, 0.5) is 8.78 Å². The van der Waals surface area contributed by atoms with Crippen LogP contribution in [0.1, 0.15) is 12.5 Å². The maximum absolute atomic E-state index is 13.5. The lowest BCUT2D eigenvalue weighted by Gasteiger charge is -2.23. The zero-order valence-electron chi connectivity index (χ0n) is 9.01. The number of rotatable bonds is 3. The molecule has 1 N–H and O–H groups in total. The van der Waals surface area contributed by atoms with Gasteiger partial charge in [0, 0.05) is 11.6 Å². The Morgan fingerprint density at radius 3 is 2.76 bits per heavy atom. The van der Waals surface area contributed by atoms with Crippen LogP contribution in [0.2, 0.25) is 0 Å². The third-order valence-electron chi connectivity index (χ3n) is 2.37. The first kappa shape index (κ1) is 11.6. The molecule has 0 amide bonds. The van der Waals surface area contributed by atoms with Crippen LogP contribution in [-0.4, -0.2) is 25.3 Å². The second-order valence-electron chi connectivity index (χ2n) is 3.91. The zero-order valence-corrected chi connectivity index (χ0v) is 9.01. The summed E-state index contributed by atoms with van der Waals surface area (Å²) in [4.78, 5) is 0. The molecule has 5 nitrogen and oxygen atoms in total. The number of benzene rings is 1.